The van der Waals surface area contributed by atoms with Crippen LogP contribution in [0.15, 0.2) is 57.4 Å². The molecule has 2 aromatic rings. The molecule has 11 nitrogen and oxygen atoms in total. The summed E-state index contributed by atoms with van der Waals surface area (Å²) in [6, 6.07) is 9.77. The van der Waals surface area contributed by atoms with Gasteiger partial charge in [0.1, 0.15) is 4.90 Å². The third-order valence-electron chi connectivity index (χ3n) is 4.13. The summed E-state index contributed by atoms with van der Waals surface area (Å²) in [5.74, 6) is -0.503. The Kier molecular flexibility index (Phi) is 5.62. The summed E-state index contributed by atoms with van der Waals surface area (Å²) in [7, 11) is -6.49. The molecule has 0 bridgehead atoms. The van der Waals surface area contributed by atoms with E-state index in [1.54, 1.807) is 6.07 Å². The number of fused-ring (bicyclic) bond motifs is 1. The number of para-hydroxylation sites is 1. The molecule has 1 heterocycles. The number of hydrogen-bond donors (Lipinski definition) is 4. The first kappa shape index (κ1) is 21.8. The highest BCUT2D eigenvalue weighted by Crippen LogP contribution is 2.30. The zero-order valence-electron chi connectivity index (χ0n) is 15.4. The molecule has 2 aromatic carbocycles. The molecular formula is C16H16N6O5S3. The predicted molar refractivity (Wildman–Crippen MR) is 115 cm³/mol. The minimum atomic E-state index is -4.00. The first-order valence-corrected chi connectivity index (χ1v) is 11.6. The van der Waals surface area contributed by atoms with Crippen LogP contribution in [0.3, 0.4) is 0 Å². The third kappa shape index (κ3) is 4.31. The van der Waals surface area contributed by atoms with E-state index in [0.717, 1.165) is 0 Å². The normalized spacial score (nSPS) is 15.2. The van der Waals surface area contributed by atoms with Crippen molar-refractivity contribution >= 4 is 60.4 Å². The number of anilines is 2. The number of nitrogens with one attached hydrogen (secondary N) is 2. The van der Waals surface area contributed by atoms with Gasteiger partial charge in [0.15, 0.2) is 10.8 Å². The lowest BCUT2D eigenvalue weighted by Gasteiger charge is -2.11. The Morgan fingerprint density at radius 1 is 1.07 bits per heavy atom. The number of hydrazone groups is 1. The number of nitrogens with two attached hydrogens (primary N) is 2. The fourth-order valence-electron chi connectivity index (χ4n) is 2.74. The van der Waals surface area contributed by atoms with Crippen molar-refractivity contribution in [3.8, 4) is 0 Å². The standard InChI is InChI=1S/C16H16N6O5S3/c1-22-12-7-6-9(29(17,24)25)8-10(12)14(15(22)23)20-21-16(28)19-11-4-2-3-5-13(11)30(18,26)27/h2-8H,1H3,(H2,17,24,25)(H2,18,26,27)(H2,19,21,28). The number of thiocarbonyl (C=S) groups is 1. The Bertz CT molecular complexity index is 1300. The van der Waals surface area contributed by atoms with Crippen LogP contribution < -0.4 is 25.9 Å². The lowest BCUT2D eigenvalue weighted by Crippen LogP contribution is -2.30. The van der Waals surface area contributed by atoms with Crippen LogP contribution in [-0.4, -0.2) is 40.6 Å². The van der Waals surface area contributed by atoms with E-state index >= 15 is 0 Å². The number of amides is 1. The summed E-state index contributed by atoms with van der Waals surface area (Å²) in [5, 5.41) is 16.8. The summed E-state index contributed by atoms with van der Waals surface area (Å²) >= 11 is 5.10. The summed E-state index contributed by atoms with van der Waals surface area (Å²) in [5.41, 5.74) is 3.15. The number of rotatable bonds is 4. The molecular weight excluding hydrogens is 452 g/mol. The minimum absolute atomic E-state index is 0.0955. The topological polar surface area (TPSA) is 177 Å². The fourth-order valence-corrected chi connectivity index (χ4v) is 4.13. The van der Waals surface area contributed by atoms with Crippen molar-refractivity contribution in [3.63, 3.8) is 0 Å². The lowest BCUT2D eigenvalue weighted by atomic mass is 10.1. The highest BCUT2D eigenvalue weighted by atomic mass is 32.2. The minimum Gasteiger partial charge on any atom is -0.330 e. The van der Waals surface area contributed by atoms with Gasteiger partial charge in [-0.05, 0) is 42.5 Å². The number of likely N-dealkylation sites (N-methyl/N-ethyl adjacent to an activating group) is 1. The lowest BCUT2D eigenvalue weighted by molar-refractivity contribution is -0.111. The van der Waals surface area contributed by atoms with Gasteiger partial charge in [-0.3, -0.25) is 10.2 Å². The Hall–Kier alpha value is -2.91. The van der Waals surface area contributed by atoms with Crippen LogP contribution in [0.25, 0.3) is 0 Å². The number of carbonyl (C=O) groups is 1. The molecule has 3 rings (SSSR count). The SMILES string of the molecule is CN1C(=O)C(=NNC(=S)Nc2ccccc2S(N)(=O)=O)c2cc(S(N)(=O)=O)ccc21. The molecule has 0 saturated heterocycles. The summed E-state index contributed by atoms with van der Waals surface area (Å²) < 4.78 is 46.6. The van der Waals surface area contributed by atoms with Gasteiger partial charge < -0.3 is 10.2 Å². The molecule has 0 aliphatic carbocycles. The van der Waals surface area contributed by atoms with Crippen LogP contribution in [0.4, 0.5) is 11.4 Å². The third-order valence-corrected chi connectivity index (χ3v) is 6.20. The molecule has 0 saturated carbocycles. The summed E-state index contributed by atoms with van der Waals surface area (Å²) in [6.45, 7) is 0. The van der Waals surface area contributed by atoms with Crippen molar-refractivity contribution in [2.45, 2.75) is 9.79 Å². The predicted octanol–water partition coefficient (Wildman–Crippen LogP) is -0.351. The second kappa shape index (κ2) is 7.73. The van der Waals surface area contributed by atoms with E-state index in [4.69, 9.17) is 22.5 Å². The first-order chi connectivity index (χ1) is 13.9. The Labute approximate surface area is 177 Å². The van der Waals surface area contributed by atoms with Crippen LogP contribution in [0.2, 0.25) is 0 Å². The van der Waals surface area contributed by atoms with Crippen molar-refractivity contribution in [1.29, 1.82) is 0 Å². The zero-order valence-corrected chi connectivity index (χ0v) is 17.8. The summed E-state index contributed by atoms with van der Waals surface area (Å²) in [4.78, 5) is 13.4. The molecule has 0 radical (unpaired) electrons. The van der Waals surface area contributed by atoms with Gasteiger partial charge in [0.05, 0.1) is 16.3 Å². The largest absolute Gasteiger partial charge is 0.330 e. The van der Waals surface area contributed by atoms with Crippen molar-refractivity contribution in [1.82, 2.24) is 5.43 Å². The first-order valence-electron chi connectivity index (χ1n) is 8.11. The van der Waals surface area contributed by atoms with Crippen molar-refractivity contribution in [3.05, 3.63) is 48.0 Å². The van der Waals surface area contributed by atoms with E-state index in [-0.39, 0.29) is 31.9 Å². The van der Waals surface area contributed by atoms with E-state index in [9.17, 15) is 21.6 Å². The van der Waals surface area contributed by atoms with Crippen LogP contribution >= 0.6 is 12.2 Å². The van der Waals surface area contributed by atoms with E-state index in [1.807, 2.05) is 0 Å². The zero-order chi connectivity index (χ0) is 22.3. The smallest absolute Gasteiger partial charge is 0.279 e. The van der Waals surface area contributed by atoms with Gasteiger partial charge in [-0.25, -0.2) is 27.1 Å². The number of sulfonamides is 2. The van der Waals surface area contributed by atoms with Crippen molar-refractivity contribution < 1.29 is 21.6 Å². The van der Waals surface area contributed by atoms with E-state index in [1.165, 1.54) is 48.3 Å². The van der Waals surface area contributed by atoms with Gasteiger partial charge in [-0.1, -0.05) is 12.1 Å². The number of primary sulfonamides is 2. The van der Waals surface area contributed by atoms with Crippen LogP contribution in [0.1, 0.15) is 5.56 Å². The maximum Gasteiger partial charge on any atom is 0.279 e. The highest BCUT2D eigenvalue weighted by Gasteiger charge is 2.32. The summed E-state index contributed by atoms with van der Waals surface area (Å²) in [6.07, 6.45) is 0. The number of hydrogen-bond acceptors (Lipinski definition) is 7. The molecule has 158 valence electrons. The Morgan fingerprint density at radius 3 is 2.37 bits per heavy atom. The molecule has 0 atom stereocenters. The Morgan fingerprint density at radius 2 is 1.73 bits per heavy atom. The molecule has 0 aromatic heterocycles. The average molecular weight is 469 g/mol. The molecule has 0 unspecified atom stereocenters. The molecule has 0 spiro atoms. The molecule has 14 heteroatoms. The van der Waals surface area contributed by atoms with Gasteiger partial charge in [-0.15, -0.1) is 0 Å². The van der Waals surface area contributed by atoms with Crippen LogP contribution in [0, 0.1) is 0 Å². The molecule has 30 heavy (non-hydrogen) atoms. The van der Waals surface area contributed by atoms with E-state index < -0.39 is 26.0 Å². The van der Waals surface area contributed by atoms with Crippen LogP contribution in [-0.2, 0) is 24.8 Å². The van der Waals surface area contributed by atoms with Crippen LogP contribution in [0.5, 0.6) is 0 Å². The fraction of sp³-hybridized carbons (Fsp3) is 0.0625. The van der Waals surface area contributed by atoms with Gasteiger partial charge in [0, 0.05) is 12.6 Å². The van der Waals surface area contributed by atoms with Gasteiger partial charge in [0.2, 0.25) is 20.0 Å². The number of nitrogens with zero attached hydrogens (tertiary/aromatic N) is 2. The molecule has 1 aliphatic heterocycles. The maximum absolute atomic E-state index is 12.5. The monoisotopic (exact) mass is 468 g/mol. The maximum atomic E-state index is 12.5. The quantitative estimate of drug-likeness (QED) is 0.347. The Balaban J connectivity index is 1.89. The van der Waals surface area contributed by atoms with Gasteiger partial charge in [-0.2, -0.15) is 5.10 Å². The molecule has 6 N–H and O–H groups in total. The second-order valence-corrected chi connectivity index (χ2v) is 9.66. The molecule has 1 amide bonds. The second-order valence-electron chi connectivity index (χ2n) is 6.16. The highest BCUT2D eigenvalue weighted by molar-refractivity contribution is 7.89. The van der Waals surface area contributed by atoms with E-state index in [2.05, 4.69) is 15.8 Å². The molecule has 1 aliphatic rings. The van der Waals surface area contributed by atoms with Gasteiger partial charge >= 0.3 is 0 Å². The average Bonchev–Trinajstić information content (AvgIpc) is 2.89. The van der Waals surface area contributed by atoms with Crippen molar-refractivity contribution in [2.75, 3.05) is 17.3 Å². The van der Waals surface area contributed by atoms with E-state index in [0.29, 0.717) is 5.69 Å². The van der Waals surface area contributed by atoms with Gasteiger partial charge in [0.25, 0.3) is 5.91 Å². The molecule has 0 fully saturated rings. The number of benzene rings is 2. The van der Waals surface area contributed by atoms with Crippen molar-refractivity contribution in [2.24, 2.45) is 15.4 Å². The number of carbonyl (C=O) groups excluding carboxylic acids is 1.